The molecule has 0 radical (unpaired) electrons. The van der Waals surface area contributed by atoms with Crippen LogP contribution in [-0.4, -0.2) is 59.1 Å². The van der Waals surface area contributed by atoms with Crippen LogP contribution in [0.1, 0.15) is 25.7 Å². The molecular weight excluding hydrogens is 204 g/mol. The Labute approximate surface area is 96.2 Å². The third-order valence-electron chi connectivity index (χ3n) is 4.70. The van der Waals surface area contributed by atoms with Gasteiger partial charge in [0.25, 0.3) is 0 Å². The molecule has 3 aliphatic heterocycles. The van der Waals surface area contributed by atoms with Crippen molar-refractivity contribution in [3.05, 3.63) is 0 Å². The lowest BCUT2D eigenvalue weighted by Gasteiger charge is -2.29. The number of aliphatic carboxylic acids is 1. The zero-order valence-electron chi connectivity index (χ0n) is 9.80. The molecule has 4 nitrogen and oxygen atoms in total. The minimum atomic E-state index is -0.580. The topological polar surface area (TPSA) is 43.8 Å². The molecule has 0 aromatic carbocycles. The molecule has 0 aliphatic carbocycles. The summed E-state index contributed by atoms with van der Waals surface area (Å²) < 4.78 is 0. The van der Waals surface area contributed by atoms with Gasteiger partial charge in [0.05, 0.1) is 5.92 Å². The van der Waals surface area contributed by atoms with Crippen LogP contribution in [0.25, 0.3) is 0 Å². The van der Waals surface area contributed by atoms with Crippen LogP contribution in [0.15, 0.2) is 0 Å². The Hall–Kier alpha value is -0.610. The largest absolute Gasteiger partial charge is 0.481 e. The summed E-state index contributed by atoms with van der Waals surface area (Å²) in [6, 6.07) is 1.51. The van der Waals surface area contributed by atoms with Gasteiger partial charge in [-0.25, -0.2) is 0 Å². The van der Waals surface area contributed by atoms with E-state index in [2.05, 4.69) is 16.8 Å². The van der Waals surface area contributed by atoms with Crippen molar-refractivity contribution in [1.29, 1.82) is 0 Å². The van der Waals surface area contributed by atoms with E-state index in [9.17, 15) is 9.90 Å². The Bertz CT molecular complexity index is 307. The first kappa shape index (κ1) is 10.5. The molecule has 3 fully saturated rings. The maximum Gasteiger partial charge on any atom is 0.308 e. The van der Waals surface area contributed by atoms with Crippen molar-refractivity contribution in [2.24, 2.45) is 5.92 Å². The summed E-state index contributed by atoms with van der Waals surface area (Å²) >= 11 is 0. The zero-order valence-corrected chi connectivity index (χ0v) is 9.80. The molecule has 4 heteroatoms. The quantitative estimate of drug-likeness (QED) is 0.747. The number of hydrogen-bond donors (Lipinski definition) is 1. The van der Waals surface area contributed by atoms with E-state index in [0.717, 1.165) is 19.4 Å². The molecule has 1 N–H and O–H groups in total. The van der Waals surface area contributed by atoms with Gasteiger partial charge in [0, 0.05) is 24.7 Å². The number of nitrogens with zero attached hydrogens (tertiary/aromatic N) is 2. The highest BCUT2D eigenvalue weighted by atomic mass is 16.4. The van der Waals surface area contributed by atoms with Crippen LogP contribution in [0, 0.1) is 5.92 Å². The number of carboxylic acids is 1. The molecule has 90 valence electrons. The van der Waals surface area contributed by atoms with Crippen LogP contribution in [0.2, 0.25) is 0 Å². The van der Waals surface area contributed by atoms with E-state index in [-0.39, 0.29) is 5.92 Å². The summed E-state index contributed by atoms with van der Waals surface area (Å²) in [4.78, 5) is 16.1. The average Bonchev–Trinajstić information content (AvgIpc) is 2.89. The Balaban J connectivity index is 1.75. The predicted octanol–water partition coefficient (Wildman–Crippen LogP) is 0.628. The fourth-order valence-electron chi connectivity index (χ4n) is 4.02. The monoisotopic (exact) mass is 224 g/mol. The van der Waals surface area contributed by atoms with Gasteiger partial charge < -0.3 is 10.0 Å². The summed E-state index contributed by atoms with van der Waals surface area (Å²) in [7, 11) is 2.16. The highest BCUT2D eigenvalue weighted by Gasteiger charge is 2.52. The van der Waals surface area contributed by atoms with Gasteiger partial charge in [-0.15, -0.1) is 0 Å². The molecular formula is C12H20N2O2. The number of rotatable bonds is 2. The van der Waals surface area contributed by atoms with Crippen molar-refractivity contribution < 1.29 is 9.90 Å². The van der Waals surface area contributed by atoms with Crippen molar-refractivity contribution >= 4 is 5.97 Å². The molecule has 3 saturated heterocycles. The van der Waals surface area contributed by atoms with E-state index in [1.165, 1.54) is 19.4 Å². The Morgan fingerprint density at radius 1 is 1.25 bits per heavy atom. The predicted molar refractivity (Wildman–Crippen MR) is 60.3 cm³/mol. The molecule has 3 heterocycles. The van der Waals surface area contributed by atoms with E-state index in [0.29, 0.717) is 18.1 Å². The second-order valence-electron chi connectivity index (χ2n) is 5.63. The van der Waals surface area contributed by atoms with Crippen LogP contribution in [0.5, 0.6) is 0 Å². The van der Waals surface area contributed by atoms with Gasteiger partial charge >= 0.3 is 5.97 Å². The minimum absolute atomic E-state index is 0.0929. The van der Waals surface area contributed by atoms with Gasteiger partial charge in [-0.3, -0.25) is 9.69 Å². The smallest absolute Gasteiger partial charge is 0.308 e. The molecule has 4 atom stereocenters. The van der Waals surface area contributed by atoms with E-state index < -0.39 is 5.97 Å². The van der Waals surface area contributed by atoms with Gasteiger partial charge in [0.15, 0.2) is 0 Å². The lowest BCUT2D eigenvalue weighted by atomic mass is 9.89. The maximum atomic E-state index is 11.2. The third kappa shape index (κ3) is 1.47. The van der Waals surface area contributed by atoms with Crippen molar-refractivity contribution in [2.75, 3.05) is 20.1 Å². The first-order chi connectivity index (χ1) is 7.66. The molecule has 2 bridgehead atoms. The van der Waals surface area contributed by atoms with Crippen LogP contribution in [0.3, 0.4) is 0 Å². The fraction of sp³-hybridized carbons (Fsp3) is 0.917. The molecule has 4 unspecified atom stereocenters. The second-order valence-corrected chi connectivity index (χ2v) is 5.63. The van der Waals surface area contributed by atoms with Crippen LogP contribution in [0.4, 0.5) is 0 Å². The first-order valence-electron chi connectivity index (χ1n) is 6.35. The van der Waals surface area contributed by atoms with Crippen molar-refractivity contribution in [2.45, 2.75) is 43.8 Å². The molecule has 0 amide bonds. The molecule has 0 aromatic heterocycles. The first-order valence-corrected chi connectivity index (χ1v) is 6.35. The van der Waals surface area contributed by atoms with Crippen molar-refractivity contribution in [1.82, 2.24) is 9.80 Å². The zero-order chi connectivity index (χ0) is 11.3. The molecule has 3 rings (SSSR count). The normalized spacial score (nSPS) is 44.3. The van der Waals surface area contributed by atoms with E-state index >= 15 is 0 Å². The minimum Gasteiger partial charge on any atom is -0.481 e. The summed E-state index contributed by atoms with van der Waals surface area (Å²) in [5.74, 6) is -0.673. The third-order valence-corrected chi connectivity index (χ3v) is 4.70. The SMILES string of the molecule is CN1CCC(N2C3CCC2C(C(=O)O)C3)C1. The van der Waals surface area contributed by atoms with Gasteiger partial charge in [0.2, 0.25) is 0 Å². The van der Waals surface area contributed by atoms with Crippen molar-refractivity contribution in [3.8, 4) is 0 Å². The van der Waals surface area contributed by atoms with Crippen LogP contribution < -0.4 is 0 Å². The lowest BCUT2D eigenvalue weighted by molar-refractivity contribution is -0.142. The molecule has 0 spiro atoms. The standard InChI is InChI=1S/C12H20N2O2/c1-13-5-4-9(7-13)14-8-2-3-11(14)10(6-8)12(15)16/h8-11H,2-7H2,1H3,(H,15,16). The molecule has 0 aromatic rings. The molecule has 3 aliphatic rings. The lowest BCUT2D eigenvalue weighted by Crippen LogP contribution is -2.42. The van der Waals surface area contributed by atoms with Gasteiger partial charge in [-0.05, 0) is 39.3 Å². The van der Waals surface area contributed by atoms with Crippen LogP contribution >= 0.6 is 0 Å². The number of hydrogen-bond acceptors (Lipinski definition) is 3. The van der Waals surface area contributed by atoms with E-state index in [4.69, 9.17) is 0 Å². The summed E-state index contributed by atoms with van der Waals surface area (Å²) in [6.07, 6.45) is 4.42. The van der Waals surface area contributed by atoms with Crippen molar-refractivity contribution in [3.63, 3.8) is 0 Å². The summed E-state index contributed by atoms with van der Waals surface area (Å²) in [5, 5.41) is 9.21. The van der Waals surface area contributed by atoms with Gasteiger partial charge in [0.1, 0.15) is 0 Å². The summed E-state index contributed by atoms with van der Waals surface area (Å²) in [6.45, 7) is 2.29. The van der Waals surface area contributed by atoms with E-state index in [1.807, 2.05) is 0 Å². The van der Waals surface area contributed by atoms with Crippen LogP contribution in [-0.2, 0) is 4.79 Å². The Morgan fingerprint density at radius 2 is 2.06 bits per heavy atom. The highest BCUT2D eigenvalue weighted by molar-refractivity contribution is 5.71. The van der Waals surface area contributed by atoms with E-state index in [1.54, 1.807) is 0 Å². The number of fused-ring (bicyclic) bond motifs is 2. The highest BCUT2D eigenvalue weighted by Crippen LogP contribution is 2.44. The molecule has 0 saturated carbocycles. The summed E-state index contributed by atoms with van der Waals surface area (Å²) in [5.41, 5.74) is 0. The number of carboxylic acid groups (broad SMARTS) is 1. The number of carbonyl (C=O) groups is 1. The van der Waals surface area contributed by atoms with Gasteiger partial charge in [-0.2, -0.15) is 0 Å². The average molecular weight is 224 g/mol. The molecule has 16 heavy (non-hydrogen) atoms. The fourth-order valence-corrected chi connectivity index (χ4v) is 4.02. The Morgan fingerprint density at radius 3 is 2.62 bits per heavy atom. The Kier molecular flexibility index (Phi) is 2.44. The maximum absolute atomic E-state index is 11.2. The second kappa shape index (κ2) is 3.70. The number of likely N-dealkylation sites (N-methyl/N-ethyl adjacent to an activating group) is 1. The number of likely N-dealkylation sites (tertiary alicyclic amines) is 1. The van der Waals surface area contributed by atoms with Gasteiger partial charge in [-0.1, -0.05) is 0 Å².